The zero-order valence-electron chi connectivity index (χ0n) is 23.4. The Hall–Kier alpha value is -1.92. The van der Waals surface area contributed by atoms with Crippen LogP contribution in [-0.2, 0) is 23.8 Å². The number of esters is 2. The molecule has 0 aromatic carbocycles. The second-order valence-electron chi connectivity index (χ2n) is 9.91. The molecule has 1 N–H and O–H groups in total. The van der Waals surface area contributed by atoms with E-state index in [-0.39, 0.29) is 37.4 Å². The Morgan fingerprint density at radius 3 is 1.97 bits per heavy atom. The first-order valence-corrected chi connectivity index (χ1v) is 14.7. The molecule has 0 bridgehead atoms. The summed E-state index contributed by atoms with van der Waals surface area (Å²) < 4.78 is 15.8. The van der Waals surface area contributed by atoms with Crippen molar-refractivity contribution < 1.29 is 28.9 Å². The number of rotatable bonds is 24. The first-order chi connectivity index (χ1) is 18.1. The molecule has 0 amide bonds. The Morgan fingerprint density at radius 2 is 1.30 bits per heavy atom. The fraction of sp³-hybridized carbons (Fsp3) is 0.742. The zero-order chi connectivity index (χ0) is 27.0. The van der Waals surface area contributed by atoms with Crippen LogP contribution in [0.1, 0.15) is 117 Å². The number of epoxide rings is 1. The van der Waals surface area contributed by atoms with Crippen molar-refractivity contribution in [3.8, 4) is 0 Å². The summed E-state index contributed by atoms with van der Waals surface area (Å²) in [5.74, 6) is -0.658. The second-order valence-corrected chi connectivity index (χ2v) is 9.91. The van der Waals surface area contributed by atoms with Gasteiger partial charge in [-0.2, -0.15) is 0 Å². The van der Waals surface area contributed by atoms with Crippen LogP contribution in [0.15, 0.2) is 36.5 Å². The van der Waals surface area contributed by atoms with Gasteiger partial charge in [0, 0.05) is 12.8 Å². The van der Waals surface area contributed by atoms with E-state index < -0.39 is 6.10 Å². The predicted molar refractivity (Wildman–Crippen MR) is 149 cm³/mol. The number of hydrogen-bond acceptors (Lipinski definition) is 6. The van der Waals surface area contributed by atoms with Crippen LogP contribution in [0, 0.1) is 0 Å². The summed E-state index contributed by atoms with van der Waals surface area (Å²) in [5.41, 5.74) is 0. The van der Waals surface area contributed by atoms with Crippen molar-refractivity contribution in [2.45, 2.75) is 135 Å². The highest BCUT2D eigenvalue weighted by Gasteiger charge is 2.36. The van der Waals surface area contributed by atoms with Gasteiger partial charge in [-0.05, 0) is 51.4 Å². The van der Waals surface area contributed by atoms with Gasteiger partial charge in [0.2, 0.25) is 0 Å². The summed E-state index contributed by atoms with van der Waals surface area (Å²) in [6.07, 6.45) is 28.1. The standard InChI is InChI=1S/C31H52O6/c1-3-5-7-9-10-11-12-13-14-15-17-18-21-28-29(37-28)22-20-24-31(34)36-26-27(32)25-35-30(33)23-19-16-8-6-4-2/h10-11,13-14,17-18,27-29,32H,3-9,12,15-16,19-26H2,1-2H3/b11-10-,14-13-,18-17-/t27-,28?,29?/m0/s1. The topological polar surface area (TPSA) is 85.4 Å². The summed E-state index contributed by atoms with van der Waals surface area (Å²) in [6.45, 7) is 4.08. The highest BCUT2D eigenvalue weighted by Crippen LogP contribution is 2.30. The highest BCUT2D eigenvalue weighted by atomic mass is 16.6. The molecular weight excluding hydrogens is 468 g/mol. The third kappa shape index (κ3) is 20.8. The van der Waals surface area contributed by atoms with Gasteiger partial charge < -0.3 is 19.3 Å². The normalized spacial score (nSPS) is 18.1. The van der Waals surface area contributed by atoms with Crippen LogP contribution in [0.3, 0.4) is 0 Å². The molecule has 2 unspecified atom stereocenters. The molecule has 1 saturated heterocycles. The van der Waals surface area contributed by atoms with E-state index in [4.69, 9.17) is 14.2 Å². The fourth-order valence-corrected chi connectivity index (χ4v) is 3.93. The first-order valence-electron chi connectivity index (χ1n) is 14.7. The predicted octanol–water partition coefficient (Wildman–Crippen LogP) is 7.15. The van der Waals surface area contributed by atoms with Crippen LogP contribution < -0.4 is 0 Å². The van der Waals surface area contributed by atoms with Crippen molar-refractivity contribution in [2.75, 3.05) is 13.2 Å². The first kappa shape index (κ1) is 33.1. The molecule has 0 spiro atoms. The minimum absolute atomic E-state index is 0.141. The summed E-state index contributed by atoms with van der Waals surface area (Å²) in [6, 6.07) is 0. The molecule has 6 nitrogen and oxygen atoms in total. The lowest BCUT2D eigenvalue weighted by atomic mass is 10.1. The van der Waals surface area contributed by atoms with Crippen molar-refractivity contribution >= 4 is 11.9 Å². The van der Waals surface area contributed by atoms with Gasteiger partial charge >= 0.3 is 11.9 Å². The molecule has 0 aromatic rings. The maximum absolute atomic E-state index is 11.9. The molecule has 1 aliphatic heterocycles. The van der Waals surface area contributed by atoms with Crippen molar-refractivity contribution in [2.24, 2.45) is 0 Å². The summed E-state index contributed by atoms with van der Waals surface area (Å²) >= 11 is 0. The summed E-state index contributed by atoms with van der Waals surface area (Å²) in [4.78, 5) is 23.6. The van der Waals surface area contributed by atoms with Crippen LogP contribution in [0.2, 0.25) is 0 Å². The van der Waals surface area contributed by atoms with Gasteiger partial charge in [-0.15, -0.1) is 0 Å². The number of aliphatic hydroxyl groups is 1. The lowest BCUT2D eigenvalue weighted by Crippen LogP contribution is -2.25. The van der Waals surface area contributed by atoms with E-state index in [9.17, 15) is 14.7 Å². The third-order valence-electron chi connectivity index (χ3n) is 6.30. The van der Waals surface area contributed by atoms with Crippen molar-refractivity contribution in [1.82, 2.24) is 0 Å². The molecule has 0 aliphatic carbocycles. The fourth-order valence-electron chi connectivity index (χ4n) is 3.93. The van der Waals surface area contributed by atoms with Gasteiger partial charge in [0.25, 0.3) is 0 Å². The Labute approximate surface area is 225 Å². The molecule has 1 fully saturated rings. The van der Waals surface area contributed by atoms with Crippen LogP contribution >= 0.6 is 0 Å². The number of hydrogen-bond donors (Lipinski definition) is 1. The number of allylic oxidation sites excluding steroid dienone is 5. The van der Waals surface area contributed by atoms with E-state index in [0.717, 1.165) is 51.4 Å². The number of carbonyl (C=O) groups excluding carboxylic acids is 2. The minimum Gasteiger partial charge on any atom is -0.463 e. The average Bonchev–Trinajstić information content (AvgIpc) is 3.64. The van der Waals surface area contributed by atoms with Crippen LogP contribution in [0.4, 0.5) is 0 Å². The van der Waals surface area contributed by atoms with Gasteiger partial charge in [-0.1, -0.05) is 88.8 Å². The van der Waals surface area contributed by atoms with E-state index in [2.05, 4.69) is 50.3 Å². The van der Waals surface area contributed by atoms with Gasteiger partial charge in [-0.3, -0.25) is 9.59 Å². The lowest BCUT2D eigenvalue weighted by molar-refractivity contribution is -0.152. The molecule has 212 valence electrons. The molecule has 0 saturated carbocycles. The van der Waals surface area contributed by atoms with Crippen LogP contribution in [-0.4, -0.2) is 48.6 Å². The summed E-state index contributed by atoms with van der Waals surface area (Å²) in [5, 5.41) is 9.87. The maximum Gasteiger partial charge on any atom is 0.305 e. The van der Waals surface area contributed by atoms with Crippen molar-refractivity contribution in [3.63, 3.8) is 0 Å². The summed E-state index contributed by atoms with van der Waals surface area (Å²) in [7, 11) is 0. The van der Waals surface area contributed by atoms with E-state index in [1.165, 1.54) is 32.1 Å². The zero-order valence-corrected chi connectivity index (χ0v) is 23.4. The van der Waals surface area contributed by atoms with Crippen LogP contribution in [0.25, 0.3) is 0 Å². The molecule has 1 heterocycles. The number of ether oxygens (including phenoxy) is 3. The van der Waals surface area contributed by atoms with E-state index in [1.807, 2.05) is 0 Å². The largest absolute Gasteiger partial charge is 0.463 e. The minimum atomic E-state index is -0.988. The Morgan fingerprint density at radius 1 is 0.730 bits per heavy atom. The second kappa shape index (κ2) is 23.2. The Balaban J connectivity index is 1.95. The number of aliphatic hydroxyl groups excluding tert-OH is 1. The highest BCUT2D eigenvalue weighted by molar-refractivity contribution is 5.69. The molecular formula is C31H52O6. The van der Waals surface area contributed by atoms with Gasteiger partial charge in [0.15, 0.2) is 0 Å². The monoisotopic (exact) mass is 520 g/mol. The van der Waals surface area contributed by atoms with Crippen molar-refractivity contribution in [3.05, 3.63) is 36.5 Å². The van der Waals surface area contributed by atoms with Gasteiger partial charge in [0.1, 0.15) is 19.3 Å². The third-order valence-corrected chi connectivity index (χ3v) is 6.30. The quantitative estimate of drug-likeness (QED) is 0.0629. The smallest absolute Gasteiger partial charge is 0.305 e. The molecule has 37 heavy (non-hydrogen) atoms. The molecule has 0 radical (unpaired) electrons. The molecule has 0 aromatic heterocycles. The molecule has 1 aliphatic rings. The lowest BCUT2D eigenvalue weighted by Gasteiger charge is -2.12. The number of carbonyl (C=O) groups is 2. The molecule has 3 atom stereocenters. The SMILES string of the molecule is CCCCC/C=C\C/C=C\C/C=C\CC1OC1CCCC(=O)OC[C@@H](O)COC(=O)CCCCCCC. The van der Waals surface area contributed by atoms with E-state index >= 15 is 0 Å². The van der Waals surface area contributed by atoms with Crippen LogP contribution in [0.5, 0.6) is 0 Å². The van der Waals surface area contributed by atoms with E-state index in [0.29, 0.717) is 19.3 Å². The molecule has 1 rings (SSSR count). The number of unbranched alkanes of at least 4 members (excludes halogenated alkanes) is 7. The Bertz CT molecular complexity index is 669. The molecule has 6 heteroatoms. The van der Waals surface area contributed by atoms with E-state index in [1.54, 1.807) is 0 Å². The Kier molecular flexibility index (Phi) is 20.8. The van der Waals surface area contributed by atoms with Crippen molar-refractivity contribution in [1.29, 1.82) is 0 Å². The average molecular weight is 521 g/mol. The maximum atomic E-state index is 11.9. The van der Waals surface area contributed by atoms with Gasteiger partial charge in [0.05, 0.1) is 12.2 Å². The van der Waals surface area contributed by atoms with Gasteiger partial charge in [-0.25, -0.2) is 0 Å².